The molecule has 156 valence electrons. The van der Waals surface area contributed by atoms with Gasteiger partial charge in [0, 0.05) is 22.6 Å². The predicted molar refractivity (Wildman–Crippen MR) is 99.0 cm³/mol. The molecule has 1 aliphatic rings. The molecule has 1 amide bonds. The number of halogens is 4. The number of benzene rings is 2. The number of hydrogen-bond acceptors (Lipinski definition) is 6. The number of carbonyl (C=O) groups excluding carboxylic acids is 1. The maximum Gasteiger partial charge on any atom is 0.405 e. The fraction of sp³-hybridized carbons (Fsp3) is 0.278. The van der Waals surface area contributed by atoms with Crippen molar-refractivity contribution in [2.24, 2.45) is 5.84 Å². The van der Waals surface area contributed by atoms with E-state index in [9.17, 15) is 23.1 Å². The van der Waals surface area contributed by atoms with Crippen molar-refractivity contribution in [1.29, 1.82) is 0 Å². The first-order valence-electron chi connectivity index (χ1n) is 8.49. The van der Waals surface area contributed by atoms with Gasteiger partial charge in [0.1, 0.15) is 17.5 Å². The van der Waals surface area contributed by atoms with Gasteiger partial charge in [-0.3, -0.25) is 10.2 Å². The third kappa shape index (κ3) is 4.73. The fourth-order valence-corrected chi connectivity index (χ4v) is 3.37. The molecule has 0 spiro atoms. The predicted octanol–water partition coefficient (Wildman–Crippen LogP) is 2.28. The van der Waals surface area contributed by atoms with E-state index in [0.29, 0.717) is 10.6 Å². The monoisotopic (exact) mass is 430 g/mol. The molecule has 11 heteroatoms. The highest BCUT2D eigenvalue weighted by molar-refractivity contribution is 6.30. The van der Waals surface area contributed by atoms with Crippen molar-refractivity contribution in [3.63, 3.8) is 0 Å². The smallest absolute Gasteiger partial charge is 0.405 e. The maximum absolute atomic E-state index is 13.6. The summed E-state index contributed by atoms with van der Waals surface area (Å²) in [7, 11) is 0. The molecule has 1 fully saturated rings. The van der Waals surface area contributed by atoms with Crippen molar-refractivity contribution in [3.05, 3.63) is 58.6 Å². The molecule has 0 aliphatic carbocycles. The van der Waals surface area contributed by atoms with Gasteiger partial charge < -0.3 is 9.84 Å². The zero-order valence-electron chi connectivity index (χ0n) is 14.8. The van der Waals surface area contributed by atoms with Crippen LogP contribution < -0.4 is 26.9 Å². The van der Waals surface area contributed by atoms with Gasteiger partial charge in [0.2, 0.25) is 0 Å². The normalized spacial score (nSPS) is 21.8. The van der Waals surface area contributed by atoms with E-state index in [-0.39, 0.29) is 23.7 Å². The molecule has 0 radical (unpaired) electrons. The third-order valence-corrected chi connectivity index (χ3v) is 4.84. The summed E-state index contributed by atoms with van der Waals surface area (Å²) >= 11 is 5.86. The minimum atomic E-state index is -4.53. The van der Waals surface area contributed by atoms with Gasteiger partial charge in [-0.15, -0.1) is 0 Å². The molecule has 0 bridgehead atoms. The van der Waals surface area contributed by atoms with E-state index in [0.717, 1.165) is 0 Å². The van der Waals surface area contributed by atoms with Crippen LogP contribution in [0.3, 0.4) is 0 Å². The molecule has 7 nitrogen and oxygen atoms in total. The lowest BCUT2D eigenvalue weighted by Crippen LogP contribution is -2.43. The van der Waals surface area contributed by atoms with E-state index in [1.807, 2.05) is 5.43 Å². The van der Waals surface area contributed by atoms with Gasteiger partial charge in [0.05, 0.1) is 6.04 Å². The molecule has 2 aromatic carbocycles. The Morgan fingerprint density at radius 1 is 1.21 bits per heavy atom. The minimum Gasteiger partial charge on any atom is -0.507 e. The number of amides is 1. The number of hydrogen-bond donors (Lipinski definition) is 5. The van der Waals surface area contributed by atoms with Crippen molar-refractivity contribution in [3.8, 4) is 11.5 Å². The van der Waals surface area contributed by atoms with Gasteiger partial charge in [0.25, 0.3) is 5.91 Å². The van der Waals surface area contributed by atoms with Crippen molar-refractivity contribution in [1.82, 2.24) is 16.3 Å². The Hall–Kier alpha value is -2.53. The number of phenols is 1. The Labute approximate surface area is 168 Å². The minimum absolute atomic E-state index is 0.163. The SMILES string of the molecule is NNC(=O)COc1ccc(C2NNC(C(F)(F)F)C2c2ccc(Cl)cc2)c(O)c1. The molecule has 0 aromatic heterocycles. The second-order valence-corrected chi connectivity index (χ2v) is 6.88. The number of phenolic OH excluding ortho intramolecular Hbond substituents is 1. The number of carbonyl (C=O) groups is 1. The van der Waals surface area contributed by atoms with E-state index in [1.54, 1.807) is 0 Å². The molecule has 6 N–H and O–H groups in total. The Bertz CT molecular complexity index is 880. The van der Waals surface area contributed by atoms with Gasteiger partial charge in [-0.25, -0.2) is 16.7 Å². The highest BCUT2D eigenvalue weighted by Gasteiger charge is 2.52. The van der Waals surface area contributed by atoms with Crippen LogP contribution in [0.2, 0.25) is 5.02 Å². The van der Waals surface area contributed by atoms with Gasteiger partial charge in [-0.1, -0.05) is 29.8 Å². The van der Waals surface area contributed by atoms with E-state index in [4.69, 9.17) is 22.2 Å². The average molecular weight is 431 g/mol. The summed E-state index contributed by atoms with van der Waals surface area (Å²) in [6.07, 6.45) is -4.53. The number of aromatic hydroxyl groups is 1. The first kappa shape index (κ1) is 21.2. The number of nitrogens with two attached hydrogens (primary N) is 1. The summed E-state index contributed by atoms with van der Waals surface area (Å²) in [5.74, 6) is 3.20. The topological polar surface area (TPSA) is 109 Å². The molecule has 1 heterocycles. The van der Waals surface area contributed by atoms with Gasteiger partial charge in [0.15, 0.2) is 6.61 Å². The first-order valence-corrected chi connectivity index (χ1v) is 8.87. The molecular weight excluding hydrogens is 413 g/mol. The van der Waals surface area contributed by atoms with Gasteiger partial charge in [-0.2, -0.15) is 13.2 Å². The number of nitrogens with one attached hydrogen (secondary N) is 3. The van der Waals surface area contributed by atoms with Crippen molar-refractivity contribution >= 4 is 17.5 Å². The van der Waals surface area contributed by atoms with E-state index in [1.165, 1.54) is 42.5 Å². The second-order valence-electron chi connectivity index (χ2n) is 6.44. The Balaban J connectivity index is 1.91. The fourth-order valence-electron chi connectivity index (χ4n) is 3.24. The van der Waals surface area contributed by atoms with Crippen molar-refractivity contribution in [2.45, 2.75) is 24.2 Å². The highest BCUT2D eigenvalue weighted by atomic mass is 35.5. The van der Waals surface area contributed by atoms with Gasteiger partial charge >= 0.3 is 6.18 Å². The maximum atomic E-state index is 13.6. The zero-order valence-corrected chi connectivity index (χ0v) is 15.6. The summed E-state index contributed by atoms with van der Waals surface area (Å²) in [4.78, 5) is 11.1. The third-order valence-electron chi connectivity index (χ3n) is 4.59. The largest absolute Gasteiger partial charge is 0.507 e. The standard InChI is InChI=1S/C18H18ClF3N4O3/c19-10-3-1-9(2-4-10)15-16(25-26-17(15)18(20,21)22)12-6-5-11(7-13(12)27)29-8-14(28)24-23/h1-7,15-17,25-27H,8,23H2,(H,24,28). The average Bonchev–Trinajstić information content (AvgIpc) is 3.12. The van der Waals surface area contributed by atoms with Crippen LogP contribution >= 0.6 is 11.6 Å². The van der Waals surface area contributed by atoms with Gasteiger partial charge in [-0.05, 0) is 23.8 Å². The molecule has 3 atom stereocenters. The van der Waals surface area contributed by atoms with Crippen LogP contribution in [0.5, 0.6) is 11.5 Å². The summed E-state index contributed by atoms with van der Waals surface area (Å²) in [6.45, 7) is -0.373. The van der Waals surface area contributed by atoms with Crippen LogP contribution in [0.1, 0.15) is 23.1 Å². The van der Waals surface area contributed by atoms with E-state index in [2.05, 4.69) is 10.9 Å². The Morgan fingerprint density at radius 3 is 2.48 bits per heavy atom. The van der Waals surface area contributed by atoms with Crippen LogP contribution in [0.25, 0.3) is 0 Å². The molecule has 1 aliphatic heterocycles. The molecule has 29 heavy (non-hydrogen) atoms. The summed E-state index contributed by atoms with van der Waals surface area (Å²) in [6, 6.07) is 7.41. The van der Waals surface area contributed by atoms with Crippen molar-refractivity contribution < 1.29 is 27.8 Å². The number of hydrazine groups is 2. The van der Waals surface area contributed by atoms with Crippen LogP contribution in [0.4, 0.5) is 13.2 Å². The number of rotatable bonds is 5. The Kier molecular flexibility index (Phi) is 6.18. The highest BCUT2D eigenvalue weighted by Crippen LogP contribution is 2.45. The van der Waals surface area contributed by atoms with E-state index < -0.39 is 30.1 Å². The molecule has 3 unspecified atom stereocenters. The second kappa shape index (κ2) is 8.46. The Morgan fingerprint density at radius 2 is 1.90 bits per heavy atom. The lowest BCUT2D eigenvalue weighted by molar-refractivity contribution is -0.156. The molecule has 1 saturated heterocycles. The molecular formula is C18H18ClF3N4O3. The van der Waals surface area contributed by atoms with Crippen LogP contribution in [-0.4, -0.2) is 29.8 Å². The summed E-state index contributed by atoms with van der Waals surface area (Å²) in [5.41, 5.74) is 7.44. The number of ether oxygens (including phenoxy) is 1. The lowest BCUT2D eigenvalue weighted by atomic mass is 9.83. The molecule has 0 saturated carbocycles. The summed E-state index contributed by atoms with van der Waals surface area (Å²) in [5, 5.41) is 10.8. The van der Waals surface area contributed by atoms with Crippen LogP contribution in [-0.2, 0) is 4.79 Å². The van der Waals surface area contributed by atoms with Crippen LogP contribution in [0.15, 0.2) is 42.5 Å². The van der Waals surface area contributed by atoms with Crippen molar-refractivity contribution in [2.75, 3.05) is 6.61 Å². The summed E-state index contributed by atoms with van der Waals surface area (Å²) < 4.78 is 45.9. The molecule has 2 aromatic rings. The quantitative estimate of drug-likeness (QED) is 0.283. The molecule has 3 rings (SSSR count). The lowest BCUT2D eigenvalue weighted by Gasteiger charge is -2.26. The van der Waals surface area contributed by atoms with Crippen LogP contribution in [0, 0.1) is 0 Å². The van der Waals surface area contributed by atoms with E-state index >= 15 is 0 Å². The first-order chi connectivity index (χ1) is 13.7. The number of alkyl halides is 3. The zero-order chi connectivity index (χ0) is 21.2.